The number of halogens is 1. The third-order valence-corrected chi connectivity index (χ3v) is 2.48. The number of carbonyl (C=O) groups is 1. The number of H-pyrrole nitrogens is 1. The molecule has 0 aliphatic carbocycles. The molecule has 0 saturated heterocycles. The van der Waals surface area contributed by atoms with Gasteiger partial charge in [0.2, 0.25) is 0 Å². The number of hydrogen-bond acceptors (Lipinski definition) is 3. The van der Waals surface area contributed by atoms with Gasteiger partial charge >= 0.3 is 0 Å². The van der Waals surface area contributed by atoms with Crippen molar-refractivity contribution in [1.29, 1.82) is 0 Å². The molecule has 0 radical (unpaired) electrons. The summed E-state index contributed by atoms with van der Waals surface area (Å²) in [6.45, 7) is 1.93. The van der Waals surface area contributed by atoms with Gasteiger partial charge in [-0.25, -0.2) is 4.39 Å². The van der Waals surface area contributed by atoms with E-state index < -0.39 is 11.7 Å². The SMILES string of the molecule is CCc1ccc(-c2n[nH]nc2C(N)=O)c(F)c1. The first-order valence-corrected chi connectivity index (χ1v) is 5.12. The molecule has 1 heterocycles. The number of primary amides is 1. The molecule has 0 saturated carbocycles. The highest BCUT2D eigenvalue weighted by Crippen LogP contribution is 2.23. The largest absolute Gasteiger partial charge is 0.364 e. The van der Waals surface area contributed by atoms with Crippen LogP contribution in [0.5, 0.6) is 0 Å². The van der Waals surface area contributed by atoms with E-state index in [2.05, 4.69) is 15.4 Å². The van der Waals surface area contributed by atoms with E-state index in [1.54, 1.807) is 12.1 Å². The fourth-order valence-corrected chi connectivity index (χ4v) is 1.56. The molecule has 17 heavy (non-hydrogen) atoms. The van der Waals surface area contributed by atoms with Crippen LogP contribution in [0.25, 0.3) is 11.3 Å². The van der Waals surface area contributed by atoms with E-state index in [1.807, 2.05) is 6.92 Å². The van der Waals surface area contributed by atoms with Crippen molar-refractivity contribution in [2.75, 3.05) is 0 Å². The highest BCUT2D eigenvalue weighted by Gasteiger charge is 2.18. The fraction of sp³-hybridized carbons (Fsp3) is 0.182. The van der Waals surface area contributed by atoms with Crippen LogP contribution < -0.4 is 5.73 Å². The number of aromatic nitrogens is 3. The lowest BCUT2D eigenvalue weighted by atomic mass is 10.1. The van der Waals surface area contributed by atoms with Crippen LogP contribution in [0.15, 0.2) is 18.2 Å². The minimum Gasteiger partial charge on any atom is -0.364 e. The molecule has 2 rings (SSSR count). The van der Waals surface area contributed by atoms with Crippen LogP contribution in [0.1, 0.15) is 23.0 Å². The molecule has 6 heteroatoms. The normalized spacial score (nSPS) is 10.5. The summed E-state index contributed by atoms with van der Waals surface area (Å²) in [5, 5.41) is 9.61. The van der Waals surface area contributed by atoms with Crippen molar-refractivity contribution in [1.82, 2.24) is 15.4 Å². The van der Waals surface area contributed by atoms with Crippen molar-refractivity contribution >= 4 is 5.91 Å². The molecule has 1 aromatic heterocycles. The first-order chi connectivity index (χ1) is 8.13. The summed E-state index contributed by atoms with van der Waals surface area (Å²) < 4.78 is 13.8. The topological polar surface area (TPSA) is 84.7 Å². The lowest BCUT2D eigenvalue weighted by Crippen LogP contribution is -2.13. The monoisotopic (exact) mass is 234 g/mol. The van der Waals surface area contributed by atoms with Gasteiger partial charge in [0.1, 0.15) is 11.5 Å². The second-order valence-electron chi connectivity index (χ2n) is 3.55. The lowest BCUT2D eigenvalue weighted by Gasteiger charge is -2.02. The molecule has 0 aliphatic rings. The van der Waals surface area contributed by atoms with Crippen molar-refractivity contribution in [2.45, 2.75) is 13.3 Å². The molecule has 0 aliphatic heterocycles. The van der Waals surface area contributed by atoms with E-state index in [0.717, 1.165) is 12.0 Å². The van der Waals surface area contributed by atoms with E-state index in [9.17, 15) is 9.18 Å². The zero-order valence-corrected chi connectivity index (χ0v) is 9.20. The molecule has 0 unspecified atom stereocenters. The number of aryl methyl sites for hydroxylation is 1. The molecule has 1 amide bonds. The third-order valence-electron chi connectivity index (χ3n) is 2.48. The van der Waals surface area contributed by atoms with Crippen LogP contribution in [0, 0.1) is 5.82 Å². The summed E-state index contributed by atoms with van der Waals surface area (Å²) in [7, 11) is 0. The van der Waals surface area contributed by atoms with E-state index in [4.69, 9.17) is 5.73 Å². The van der Waals surface area contributed by atoms with Crippen molar-refractivity contribution in [2.24, 2.45) is 5.73 Å². The standard InChI is InChI=1S/C11H11FN4O/c1-2-6-3-4-7(8(12)5-6)9-10(11(13)17)15-16-14-9/h3-5H,2H2,1H3,(H2,13,17)(H,14,15,16). The average Bonchev–Trinajstić information content (AvgIpc) is 2.77. The molecule has 0 fully saturated rings. The summed E-state index contributed by atoms with van der Waals surface area (Å²) in [5.41, 5.74) is 6.28. The van der Waals surface area contributed by atoms with Gasteiger partial charge in [-0.15, -0.1) is 0 Å². The zero-order chi connectivity index (χ0) is 12.4. The molecule has 0 spiro atoms. The van der Waals surface area contributed by atoms with Gasteiger partial charge < -0.3 is 5.73 Å². The maximum atomic E-state index is 13.8. The van der Waals surface area contributed by atoms with Gasteiger partial charge in [0, 0.05) is 5.56 Å². The van der Waals surface area contributed by atoms with E-state index in [-0.39, 0.29) is 17.0 Å². The molecule has 1 aromatic carbocycles. The first kappa shape index (κ1) is 11.3. The average molecular weight is 234 g/mol. The third kappa shape index (κ3) is 2.01. The van der Waals surface area contributed by atoms with Gasteiger partial charge in [-0.1, -0.05) is 13.0 Å². The quantitative estimate of drug-likeness (QED) is 0.838. The van der Waals surface area contributed by atoms with Gasteiger partial charge in [0.05, 0.1) is 0 Å². The Morgan fingerprint density at radius 1 is 1.47 bits per heavy atom. The van der Waals surface area contributed by atoms with Crippen LogP contribution in [-0.2, 0) is 6.42 Å². The molecule has 2 aromatic rings. The first-order valence-electron chi connectivity index (χ1n) is 5.12. The van der Waals surface area contributed by atoms with Crippen LogP contribution in [0.2, 0.25) is 0 Å². The van der Waals surface area contributed by atoms with Crippen molar-refractivity contribution in [3.8, 4) is 11.3 Å². The predicted molar refractivity (Wildman–Crippen MR) is 59.7 cm³/mol. The molecule has 0 bridgehead atoms. The van der Waals surface area contributed by atoms with Gasteiger partial charge in [-0.3, -0.25) is 4.79 Å². The van der Waals surface area contributed by atoms with Gasteiger partial charge in [-0.05, 0) is 24.1 Å². The van der Waals surface area contributed by atoms with Gasteiger partial charge in [0.25, 0.3) is 5.91 Å². The summed E-state index contributed by atoms with van der Waals surface area (Å²) >= 11 is 0. The second kappa shape index (κ2) is 4.32. The number of amides is 1. The zero-order valence-electron chi connectivity index (χ0n) is 9.20. The predicted octanol–water partition coefficient (Wildman–Crippen LogP) is 1.27. The van der Waals surface area contributed by atoms with E-state index in [0.29, 0.717) is 0 Å². The highest BCUT2D eigenvalue weighted by molar-refractivity contribution is 5.96. The highest BCUT2D eigenvalue weighted by atomic mass is 19.1. The van der Waals surface area contributed by atoms with Crippen LogP contribution >= 0.6 is 0 Å². The summed E-state index contributed by atoms with van der Waals surface area (Å²) in [6, 6.07) is 4.76. The van der Waals surface area contributed by atoms with Crippen molar-refractivity contribution < 1.29 is 9.18 Å². The number of aromatic amines is 1. The van der Waals surface area contributed by atoms with E-state index in [1.165, 1.54) is 6.07 Å². The maximum Gasteiger partial charge on any atom is 0.271 e. The summed E-state index contributed by atoms with van der Waals surface area (Å²) in [4.78, 5) is 11.1. The number of hydrogen-bond donors (Lipinski definition) is 2. The number of carbonyl (C=O) groups excluding carboxylic acids is 1. The Balaban J connectivity index is 2.53. The molecule has 5 nitrogen and oxygen atoms in total. The van der Waals surface area contributed by atoms with E-state index >= 15 is 0 Å². The van der Waals surface area contributed by atoms with Crippen LogP contribution in [-0.4, -0.2) is 21.3 Å². The van der Waals surface area contributed by atoms with Crippen LogP contribution in [0.4, 0.5) is 4.39 Å². The number of benzene rings is 1. The molecule has 88 valence electrons. The van der Waals surface area contributed by atoms with Crippen LogP contribution in [0.3, 0.4) is 0 Å². The lowest BCUT2D eigenvalue weighted by molar-refractivity contribution is 0.0996. The minimum absolute atomic E-state index is 0.0619. The Hall–Kier alpha value is -2.24. The molecule has 0 atom stereocenters. The number of nitrogens with zero attached hydrogens (tertiary/aromatic N) is 2. The Bertz CT molecular complexity index is 564. The number of nitrogens with two attached hydrogens (primary N) is 1. The summed E-state index contributed by atoms with van der Waals surface area (Å²) in [6.07, 6.45) is 0.735. The Kier molecular flexibility index (Phi) is 2.86. The van der Waals surface area contributed by atoms with Crippen molar-refractivity contribution in [3.05, 3.63) is 35.3 Å². The number of nitrogens with one attached hydrogen (secondary N) is 1. The molecular formula is C11H11FN4O. The fourth-order valence-electron chi connectivity index (χ4n) is 1.56. The van der Waals surface area contributed by atoms with Crippen molar-refractivity contribution in [3.63, 3.8) is 0 Å². The Morgan fingerprint density at radius 3 is 2.82 bits per heavy atom. The maximum absolute atomic E-state index is 13.8. The molecular weight excluding hydrogens is 223 g/mol. The van der Waals surface area contributed by atoms with Gasteiger partial charge in [0.15, 0.2) is 5.69 Å². The second-order valence-corrected chi connectivity index (χ2v) is 3.55. The number of rotatable bonds is 3. The molecule has 3 N–H and O–H groups in total. The minimum atomic E-state index is -0.743. The summed E-state index contributed by atoms with van der Waals surface area (Å²) in [5.74, 6) is -1.19. The Morgan fingerprint density at radius 2 is 2.24 bits per heavy atom. The smallest absolute Gasteiger partial charge is 0.271 e. The van der Waals surface area contributed by atoms with Gasteiger partial charge in [-0.2, -0.15) is 15.4 Å². The Labute approximate surface area is 96.8 Å².